The highest BCUT2D eigenvalue weighted by Gasteiger charge is 2.35. The van der Waals surface area contributed by atoms with Crippen LogP contribution in [-0.2, 0) is 0 Å². The van der Waals surface area contributed by atoms with Crippen molar-refractivity contribution >= 4 is 23.2 Å². The van der Waals surface area contributed by atoms with Crippen LogP contribution in [0.1, 0.15) is 43.0 Å². The van der Waals surface area contributed by atoms with Gasteiger partial charge in [-0.05, 0) is 49.8 Å². The van der Waals surface area contributed by atoms with Gasteiger partial charge in [0.15, 0.2) is 0 Å². The van der Waals surface area contributed by atoms with Crippen LogP contribution in [-0.4, -0.2) is 31.4 Å². The fourth-order valence-corrected chi connectivity index (χ4v) is 3.18. The minimum absolute atomic E-state index is 0.0195. The molecule has 0 radical (unpaired) electrons. The van der Waals surface area contributed by atoms with Crippen molar-refractivity contribution in [3.63, 3.8) is 0 Å². The summed E-state index contributed by atoms with van der Waals surface area (Å²) in [6.45, 7) is 2.26. The molecule has 1 aromatic carbocycles. The molecule has 1 amide bonds. The minimum atomic E-state index is -0.237. The number of benzene rings is 1. The van der Waals surface area contributed by atoms with Gasteiger partial charge in [0.25, 0.3) is 5.91 Å². The number of alkyl halides is 1. The quantitative estimate of drug-likeness (QED) is 0.861. The predicted octanol–water partition coefficient (Wildman–Crippen LogP) is 3.67. The van der Waals surface area contributed by atoms with Crippen LogP contribution in [0.2, 0.25) is 0 Å². The van der Waals surface area contributed by atoms with E-state index in [1.807, 2.05) is 43.3 Å². The fourth-order valence-electron chi connectivity index (χ4n) is 2.85. The first-order valence-corrected chi connectivity index (χ1v) is 8.15. The molecule has 0 atom stereocenters. The molecule has 1 N–H and O–H groups in total. The van der Waals surface area contributed by atoms with Crippen LogP contribution in [0.5, 0.6) is 0 Å². The molecule has 0 bridgehead atoms. The summed E-state index contributed by atoms with van der Waals surface area (Å²) in [7, 11) is 3.94. The van der Waals surface area contributed by atoms with Gasteiger partial charge in [-0.2, -0.15) is 0 Å². The summed E-state index contributed by atoms with van der Waals surface area (Å²) in [6.07, 6.45) is 4.20. The van der Waals surface area contributed by atoms with Crippen LogP contribution >= 0.6 is 11.6 Å². The van der Waals surface area contributed by atoms with E-state index in [4.69, 9.17) is 11.6 Å². The first-order valence-electron chi connectivity index (χ1n) is 7.62. The summed E-state index contributed by atoms with van der Waals surface area (Å²) < 4.78 is 0. The van der Waals surface area contributed by atoms with Crippen molar-refractivity contribution in [1.29, 1.82) is 0 Å². The van der Waals surface area contributed by atoms with Gasteiger partial charge in [-0.3, -0.25) is 4.79 Å². The normalized spacial score (nSPS) is 25.4. The molecule has 0 unspecified atom stereocenters. The maximum Gasteiger partial charge on any atom is 0.251 e. The van der Waals surface area contributed by atoms with E-state index in [0.29, 0.717) is 11.4 Å². The Labute approximate surface area is 132 Å². The smallest absolute Gasteiger partial charge is 0.251 e. The topological polar surface area (TPSA) is 32.3 Å². The van der Waals surface area contributed by atoms with E-state index >= 15 is 0 Å². The second kappa shape index (κ2) is 6.69. The van der Waals surface area contributed by atoms with E-state index in [1.54, 1.807) is 0 Å². The molecule has 1 aromatic rings. The Balaban J connectivity index is 2.11. The van der Waals surface area contributed by atoms with Crippen LogP contribution in [0.4, 0.5) is 5.69 Å². The number of nitrogens with zero attached hydrogens (tertiary/aromatic N) is 1. The standard InChI is InChI=1S/C17H25ClN2O/c1-13-7-9-17(12-18,10-8-13)19-16(21)14-5-4-6-15(11-14)20(2)3/h4-6,11,13H,7-10,12H2,1-3H3,(H,19,21). The van der Waals surface area contributed by atoms with E-state index in [9.17, 15) is 4.79 Å². The zero-order valence-corrected chi connectivity index (χ0v) is 13.9. The third-order valence-electron chi connectivity index (χ3n) is 4.49. The molecule has 116 valence electrons. The van der Waals surface area contributed by atoms with Gasteiger partial charge in [-0.1, -0.05) is 13.0 Å². The second-order valence-corrected chi connectivity index (χ2v) is 6.76. The number of anilines is 1. The molecule has 1 aliphatic carbocycles. The molecule has 1 aliphatic rings. The highest BCUT2D eigenvalue weighted by atomic mass is 35.5. The largest absolute Gasteiger partial charge is 0.378 e. The molecule has 4 heteroatoms. The Morgan fingerprint density at radius 3 is 2.62 bits per heavy atom. The Hall–Kier alpha value is -1.22. The molecule has 3 nitrogen and oxygen atoms in total. The van der Waals surface area contributed by atoms with Gasteiger partial charge < -0.3 is 10.2 Å². The molecule has 0 spiro atoms. The molecule has 1 saturated carbocycles. The van der Waals surface area contributed by atoms with Crippen molar-refractivity contribution in [1.82, 2.24) is 5.32 Å². The summed E-state index contributed by atoms with van der Waals surface area (Å²) in [5.74, 6) is 1.20. The third kappa shape index (κ3) is 3.91. The van der Waals surface area contributed by atoms with E-state index in [-0.39, 0.29) is 11.4 Å². The highest BCUT2D eigenvalue weighted by molar-refractivity contribution is 6.19. The number of amides is 1. The highest BCUT2D eigenvalue weighted by Crippen LogP contribution is 2.33. The zero-order valence-electron chi connectivity index (χ0n) is 13.2. The van der Waals surface area contributed by atoms with Gasteiger partial charge in [0.05, 0.1) is 5.54 Å². The van der Waals surface area contributed by atoms with Crippen molar-refractivity contribution in [2.24, 2.45) is 5.92 Å². The van der Waals surface area contributed by atoms with E-state index in [1.165, 1.54) is 0 Å². The fraction of sp³-hybridized carbons (Fsp3) is 0.588. The molecular formula is C17H25ClN2O. The Morgan fingerprint density at radius 1 is 1.38 bits per heavy atom. The lowest BCUT2D eigenvalue weighted by atomic mass is 9.78. The van der Waals surface area contributed by atoms with Gasteiger partial charge in [-0.25, -0.2) is 0 Å². The van der Waals surface area contributed by atoms with Crippen molar-refractivity contribution in [2.45, 2.75) is 38.1 Å². The molecule has 0 saturated heterocycles. The first kappa shape index (κ1) is 16.2. The third-order valence-corrected chi connectivity index (χ3v) is 5.00. The Kier molecular flexibility index (Phi) is 5.15. The number of hydrogen-bond donors (Lipinski definition) is 1. The molecule has 2 rings (SSSR count). The van der Waals surface area contributed by atoms with Crippen LogP contribution in [0.15, 0.2) is 24.3 Å². The molecule has 0 aromatic heterocycles. The molecule has 21 heavy (non-hydrogen) atoms. The van der Waals surface area contributed by atoms with Crippen molar-refractivity contribution in [3.05, 3.63) is 29.8 Å². The van der Waals surface area contributed by atoms with Gasteiger partial charge in [0, 0.05) is 31.2 Å². The van der Waals surface area contributed by atoms with Gasteiger partial charge in [0.2, 0.25) is 0 Å². The van der Waals surface area contributed by atoms with Crippen LogP contribution in [0, 0.1) is 5.92 Å². The van der Waals surface area contributed by atoms with Crippen LogP contribution in [0.3, 0.4) is 0 Å². The SMILES string of the molecule is CC1CCC(CCl)(NC(=O)c2cccc(N(C)C)c2)CC1. The van der Waals surface area contributed by atoms with Crippen molar-refractivity contribution in [2.75, 3.05) is 24.9 Å². The Morgan fingerprint density at radius 2 is 2.05 bits per heavy atom. The van der Waals surface area contributed by atoms with E-state index < -0.39 is 0 Å². The lowest BCUT2D eigenvalue weighted by Gasteiger charge is -2.38. The van der Waals surface area contributed by atoms with Gasteiger partial charge in [0.1, 0.15) is 0 Å². The monoisotopic (exact) mass is 308 g/mol. The Bertz CT molecular complexity index is 493. The second-order valence-electron chi connectivity index (χ2n) is 6.50. The molecule has 0 aliphatic heterocycles. The molecule has 0 heterocycles. The summed E-state index contributed by atoms with van der Waals surface area (Å²) in [5.41, 5.74) is 1.49. The number of carbonyl (C=O) groups is 1. The molecular weight excluding hydrogens is 284 g/mol. The van der Waals surface area contributed by atoms with E-state index in [0.717, 1.165) is 37.3 Å². The van der Waals surface area contributed by atoms with Gasteiger partial charge >= 0.3 is 0 Å². The summed E-state index contributed by atoms with van der Waals surface area (Å²) in [5, 5.41) is 3.20. The lowest BCUT2D eigenvalue weighted by Crippen LogP contribution is -2.52. The number of nitrogens with one attached hydrogen (secondary N) is 1. The summed E-state index contributed by atoms with van der Waals surface area (Å²) >= 11 is 6.18. The summed E-state index contributed by atoms with van der Waals surface area (Å²) in [6, 6.07) is 7.69. The van der Waals surface area contributed by atoms with Crippen LogP contribution in [0.25, 0.3) is 0 Å². The number of carbonyl (C=O) groups excluding carboxylic acids is 1. The summed E-state index contributed by atoms with van der Waals surface area (Å²) in [4.78, 5) is 14.5. The van der Waals surface area contributed by atoms with Crippen molar-refractivity contribution < 1.29 is 4.79 Å². The lowest BCUT2D eigenvalue weighted by molar-refractivity contribution is 0.0872. The number of rotatable bonds is 4. The van der Waals surface area contributed by atoms with Crippen LogP contribution < -0.4 is 10.2 Å². The predicted molar refractivity (Wildman–Crippen MR) is 89.3 cm³/mol. The van der Waals surface area contributed by atoms with Crippen molar-refractivity contribution in [3.8, 4) is 0 Å². The minimum Gasteiger partial charge on any atom is -0.378 e. The average Bonchev–Trinajstić information content (AvgIpc) is 2.50. The van der Waals surface area contributed by atoms with Gasteiger partial charge in [-0.15, -0.1) is 11.6 Å². The number of hydrogen-bond acceptors (Lipinski definition) is 2. The first-order chi connectivity index (χ1) is 9.96. The average molecular weight is 309 g/mol. The maximum absolute atomic E-state index is 12.5. The zero-order chi connectivity index (χ0) is 15.5. The van der Waals surface area contributed by atoms with E-state index in [2.05, 4.69) is 12.2 Å². The number of halogens is 1. The molecule has 1 fully saturated rings. The maximum atomic E-state index is 12.5.